The average Bonchev–Trinajstić information content (AvgIpc) is 2.41. The smallest absolute Gasteiger partial charge is 0.120 e. The molecule has 0 radical (unpaired) electrons. The minimum absolute atomic E-state index is 0.0387. The van der Waals surface area contributed by atoms with E-state index in [1.54, 1.807) is 0 Å². The normalized spacial score (nSPS) is 18.7. The first-order chi connectivity index (χ1) is 9.49. The Morgan fingerprint density at radius 1 is 1.45 bits per heavy atom. The third-order valence-electron chi connectivity index (χ3n) is 4.03. The van der Waals surface area contributed by atoms with Gasteiger partial charge in [-0.3, -0.25) is 4.90 Å². The summed E-state index contributed by atoms with van der Waals surface area (Å²) in [5, 5.41) is 0. The van der Waals surface area contributed by atoms with Gasteiger partial charge in [0.25, 0.3) is 0 Å². The van der Waals surface area contributed by atoms with Gasteiger partial charge in [-0.15, -0.1) is 0 Å². The molecule has 110 valence electrons. The summed E-state index contributed by atoms with van der Waals surface area (Å²) in [6, 6.07) is 7.94. The second-order valence-electron chi connectivity index (χ2n) is 5.57. The third-order valence-corrected chi connectivity index (χ3v) is 5.01. The topological polar surface area (TPSA) is 38.5 Å². The zero-order valence-electron chi connectivity index (χ0n) is 11.8. The predicted octanol–water partition coefficient (Wildman–Crippen LogP) is 3.22. The molecule has 2 rings (SSSR count). The molecule has 0 bridgehead atoms. The second-order valence-corrected chi connectivity index (χ2v) is 6.93. The summed E-state index contributed by atoms with van der Waals surface area (Å²) in [4.78, 5) is 3.07. The maximum Gasteiger partial charge on any atom is 0.120 e. The van der Waals surface area contributed by atoms with Crippen LogP contribution in [0.3, 0.4) is 0 Å². The molecule has 3 nitrogen and oxygen atoms in total. The standard InChI is InChI=1S/C15H21BrN2OS/c1-15(14(17)20)5-7-18(8-6-15)9-10-19-13-4-2-3-12(16)11-13/h2-4,11H,5-10H2,1H3,(H2,17,20). The molecule has 0 amide bonds. The van der Waals surface area contributed by atoms with Crippen molar-refractivity contribution in [1.29, 1.82) is 0 Å². The number of benzene rings is 1. The van der Waals surface area contributed by atoms with E-state index in [4.69, 9.17) is 22.7 Å². The summed E-state index contributed by atoms with van der Waals surface area (Å²) in [6.45, 7) is 5.90. The molecule has 1 aromatic rings. The number of piperidine rings is 1. The molecule has 0 unspecified atom stereocenters. The fraction of sp³-hybridized carbons (Fsp3) is 0.533. The summed E-state index contributed by atoms with van der Waals surface area (Å²) in [6.07, 6.45) is 2.08. The molecule has 0 saturated carbocycles. The molecular weight excluding hydrogens is 336 g/mol. The van der Waals surface area contributed by atoms with Crippen LogP contribution in [-0.2, 0) is 0 Å². The molecule has 0 aliphatic carbocycles. The van der Waals surface area contributed by atoms with Gasteiger partial charge in [-0.1, -0.05) is 41.1 Å². The van der Waals surface area contributed by atoms with Gasteiger partial charge in [-0.2, -0.15) is 0 Å². The number of nitrogens with two attached hydrogens (primary N) is 1. The zero-order chi connectivity index (χ0) is 14.6. The van der Waals surface area contributed by atoms with Crippen LogP contribution >= 0.6 is 28.1 Å². The van der Waals surface area contributed by atoms with Crippen molar-refractivity contribution in [3.8, 4) is 5.75 Å². The first kappa shape index (κ1) is 15.7. The molecule has 0 aromatic heterocycles. The highest BCUT2D eigenvalue weighted by Crippen LogP contribution is 2.30. The molecule has 1 saturated heterocycles. The number of likely N-dealkylation sites (tertiary alicyclic amines) is 1. The fourth-order valence-corrected chi connectivity index (χ4v) is 2.95. The van der Waals surface area contributed by atoms with Crippen LogP contribution in [-0.4, -0.2) is 36.1 Å². The SMILES string of the molecule is CC1(C(N)=S)CCN(CCOc2cccc(Br)c2)CC1. The fourth-order valence-electron chi connectivity index (χ4n) is 2.37. The van der Waals surface area contributed by atoms with E-state index >= 15 is 0 Å². The Kier molecular flexibility index (Phi) is 5.41. The molecule has 0 atom stereocenters. The van der Waals surface area contributed by atoms with Crippen molar-refractivity contribution in [2.24, 2.45) is 11.1 Å². The molecule has 0 spiro atoms. The highest BCUT2D eigenvalue weighted by atomic mass is 79.9. The van der Waals surface area contributed by atoms with Crippen LogP contribution in [0.4, 0.5) is 0 Å². The third kappa shape index (κ3) is 4.17. The van der Waals surface area contributed by atoms with E-state index in [0.717, 1.165) is 42.7 Å². The van der Waals surface area contributed by atoms with Crippen LogP contribution in [0.2, 0.25) is 0 Å². The number of nitrogens with zero attached hydrogens (tertiary/aromatic N) is 1. The first-order valence-electron chi connectivity index (χ1n) is 6.90. The van der Waals surface area contributed by atoms with Crippen LogP contribution in [0.1, 0.15) is 19.8 Å². The Bertz CT molecular complexity index is 473. The Labute approximate surface area is 134 Å². The lowest BCUT2D eigenvalue weighted by atomic mass is 9.80. The van der Waals surface area contributed by atoms with Crippen LogP contribution in [0.15, 0.2) is 28.7 Å². The number of rotatable bonds is 5. The van der Waals surface area contributed by atoms with Gasteiger partial charge >= 0.3 is 0 Å². The average molecular weight is 357 g/mol. The lowest BCUT2D eigenvalue weighted by Gasteiger charge is -2.38. The van der Waals surface area contributed by atoms with E-state index in [1.807, 2.05) is 24.3 Å². The van der Waals surface area contributed by atoms with E-state index in [0.29, 0.717) is 11.6 Å². The molecule has 1 aliphatic rings. The highest BCUT2D eigenvalue weighted by molar-refractivity contribution is 9.10. The zero-order valence-corrected chi connectivity index (χ0v) is 14.2. The maximum atomic E-state index is 5.82. The minimum Gasteiger partial charge on any atom is -0.492 e. The Hall–Kier alpha value is -0.650. The molecule has 1 heterocycles. The predicted molar refractivity (Wildman–Crippen MR) is 90.2 cm³/mol. The van der Waals surface area contributed by atoms with Crippen LogP contribution in [0, 0.1) is 5.41 Å². The number of halogens is 1. The summed E-state index contributed by atoms with van der Waals surface area (Å²) < 4.78 is 6.81. The molecule has 1 fully saturated rings. The van der Waals surface area contributed by atoms with Gasteiger partial charge in [0.15, 0.2) is 0 Å². The van der Waals surface area contributed by atoms with Gasteiger partial charge < -0.3 is 10.5 Å². The monoisotopic (exact) mass is 356 g/mol. The van der Waals surface area contributed by atoms with E-state index in [-0.39, 0.29) is 5.41 Å². The largest absolute Gasteiger partial charge is 0.492 e. The van der Waals surface area contributed by atoms with Crippen molar-refractivity contribution < 1.29 is 4.74 Å². The van der Waals surface area contributed by atoms with Crippen molar-refractivity contribution in [2.45, 2.75) is 19.8 Å². The van der Waals surface area contributed by atoms with Crippen molar-refractivity contribution in [3.05, 3.63) is 28.7 Å². The van der Waals surface area contributed by atoms with Crippen LogP contribution in [0.5, 0.6) is 5.75 Å². The summed E-state index contributed by atoms with van der Waals surface area (Å²) >= 11 is 8.60. The van der Waals surface area contributed by atoms with E-state index < -0.39 is 0 Å². The number of hydrogen-bond acceptors (Lipinski definition) is 3. The minimum atomic E-state index is 0.0387. The molecule has 1 aliphatic heterocycles. The quantitative estimate of drug-likeness (QED) is 0.822. The lowest BCUT2D eigenvalue weighted by Crippen LogP contribution is -2.45. The van der Waals surface area contributed by atoms with Gasteiger partial charge in [-0.25, -0.2) is 0 Å². The van der Waals surface area contributed by atoms with E-state index in [1.165, 1.54) is 0 Å². The van der Waals surface area contributed by atoms with Gasteiger partial charge in [0.1, 0.15) is 12.4 Å². The van der Waals surface area contributed by atoms with Gasteiger partial charge in [-0.05, 0) is 44.1 Å². The Morgan fingerprint density at radius 3 is 2.75 bits per heavy atom. The van der Waals surface area contributed by atoms with Crippen molar-refractivity contribution in [3.63, 3.8) is 0 Å². The summed E-state index contributed by atoms with van der Waals surface area (Å²) in [5.74, 6) is 0.907. The van der Waals surface area contributed by atoms with Crippen LogP contribution in [0.25, 0.3) is 0 Å². The molecule has 20 heavy (non-hydrogen) atoms. The summed E-state index contributed by atoms with van der Waals surface area (Å²) in [5.41, 5.74) is 5.86. The van der Waals surface area contributed by atoms with Gasteiger partial charge in [0, 0.05) is 16.4 Å². The molecule has 5 heteroatoms. The number of thiocarbonyl (C=S) groups is 1. The summed E-state index contributed by atoms with van der Waals surface area (Å²) in [7, 11) is 0. The van der Waals surface area contributed by atoms with E-state index in [2.05, 4.69) is 27.8 Å². The number of ether oxygens (including phenoxy) is 1. The molecule has 2 N–H and O–H groups in total. The number of hydrogen-bond donors (Lipinski definition) is 1. The first-order valence-corrected chi connectivity index (χ1v) is 8.10. The van der Waals surface area contributed by atoms with Crippen molar-refractivity contribution in [2.75, 3.05) is 26.2 Å². The lowest BCUT2D eigenvalue weighted by molar-refractivity contribution is 0.140. The Balaban J connectivity index is 1.73. The molecular formula is C15H21BrN2OS. The highest BCUT2D eigenvalue weighted by Gasteiger charge is 2.32. The van der Waals surface area contributed by atoms with Crippen molar-refractivity contribution >= 4 is 33.1 Å². The van der Waals surface area contributed by atoms with Gasteiger partial charge in [0.2, 0.25) is 0 Å². The van der Waals surface area contributed by atoms with Crippen molar-refractivity contribution in [1.82, 2.24) is 4.90 Å². The van der Waals surface area contributed by atoms with Gasteiger partial charge in [0.05, 0.1) is 4.99 Å². The molecule has 1 aromatic carbocycles. The maximum absolute atomic E-state index is 5.82. The second kappa shape index (κ2) is 6.87. The van der Waals surface area contributed by atoms with Crippen LogP contribution < -0.4 is 10.5 Å². The van der Waals surface area contributed by atoms with E-state index in [9.17, 15) is 0 Å². The Morgan fingerprint density at radius 2 is 2.15 bits per heavy atom.